The molecule has 0 heterocycles. The number of hydrogen-bond acceptors (Lipinski definition) is 4. The number of amides is 2. The van der Waals surface area contributed by atoms with E-state index < -0.39 is 10.0 Å². The standard InChI is InChI=1S/C19H23Cl2N3O4S/c1-13(2)24(12-14-5-10-17(20)18(21)11-14)19(25)22-15-6-8-16(9-7-15)29(26,27)23(3)28-4/h5-11,13H,12H2,1-4H3,(H,22,25). The Morgan fingerprint density at radius 1 is 1.10 bits per heavy atom. The molecule has 2 aromatic rings. The number of halogens is 2. The maximum absolute atomic E-state index is 12.8. The Hall–Kier alpha value is -1.84. The van der Waals surface area contributed by atoms with Crippen molar-refractivity contribution in [1.29, 1.82) is 0 Å². The molecule has 0 radical (unpaired) electrons. The van der Waals surface area contributed by atoms with Crippen molar-refractivity contribution in [3.63, 3.8) is 0 Å². The quantitative estimate of drug-likeness (QED) is 0.612. The first kappa shape index (κ1) is 23.4. The van der Waals surface area contributed by atoms with Crippen LogP contribution in [0.4, 0.5) is 10.5 Å². The zero-order valence-corrected chi connectivity index (χ0v) is 18.8. The van der Waals surface area contributed by atoms with Gasteiger partial charge < -0.3 is 10.2 Å². The number of carbonyl (C=O) groups excluding carboxylic acids is 1. The minimum atomic E-state index is -3.75. The van der Waals surface area contributed by atoms with Crippen LogP contribution in [0.1, 0.15) is 19.4 Å². The van der Waals surface area contributed by atoms with Gasteiger partial charge in [-0.25, -0.2) is 13.2 Å². The first-order chi connectivity index (χ1) is 13.6. The van der Waals surface area contributed by atoms with Crippen molar-refractivity contribution in [1.82, 2.24) is 9.37 Å². The van der Waals surface area contributed by atoms with Gasteiger partial charge in [0.05, 0.1) is 22.1 Å². The third kappa shape index (κ3) is 5.83. The number of carbonyl (C=O) groups is 1. The highest BCUT2D eigenvalue weighted by Gasteiger charge is 2.21. The van der Waals surface area contributed by atoms with Crippen LogP contribution < -0.4 is 5.32 Å². The highest BCUT2D eigenvalue weighted by Crippen LogP contribution is 2.24. The summed E-state index contributed by atoms with van der Waals surface area (Å²) < 4.78 is 25.2. The molecule has 0 aliphatic carbocycles. The molecule has 158 valence electrons. The second-order valence-electron chi connectivity index (χ2n) is 6.52. The molecule has 10 heteroatoms. The van der Waals surface area contributed by atoms with Gasteiger partial charge in [0, 0.05) is 25.3 Å². The average molecular weight is 460 g/mol. The summed E-state index contributed by atoms with van der Waals surface area (Å²) in [5.41, 5.74) is 1.31. The van der Waals surface area contributed by atoms with Gasteiger partial charge in [-0.05, 0) is 55.8 Å². The van der Waals surface area contributed by atoms with Crippen molar-refractivity contribution in [2.45, 2.75) is 31.3 Å². The maximum atomic E-state index is 12.8. The SMILES string of the molecule is CON(C)S(=O)(=O)c1ccc(NC(=O)N(Cc2ccc(Cl)c(Cl)c2)C(C)C)cc1. The van der Waals surface area contributed by atoms with Gasteiger partial charge in [0.1, 0.15) is 0 Å². The Morgan fingerprint density at radius 3 is 2.24 bits per heavy atom. The number of urea groups is 1. The van der Waals surface area contributed by atoms with Crippen molar-refractivity contribution in [2.75, 3.05) is 19.5 Å². The van der Waals surface area contributed by atoms with Gasteiger partial charge in [-0.15, -0.1) is 0 Å². The Balaban J connectivity index is 2.14. The summed E-state index contributed by atoms with van der Waals surface area (Å²) in [5.74, 6) is 0. The second kappa shape index (κ2) is 9.77. The molecule has 0 atom stereocenters. The van der Waals surface area contributed by atoms with E-state index in [4.69, 9.17) is 28.0 Å². The van der Waals surface area contributed by atoms with Crippen molar-refractivity contribution >= 4 is 44.9 Å². The van der Waals surface area contributed by atoms with E-state index in [2.05, 4.69) is 5.32 Å². The maximum Gasteiger partial charge on any atom is 0.322 e. The van der Waals surface area contributed by atoms with Crippen LogP contribution in [-0.4, -0.2) is 44.0 Å². The summed E-state index contributed by atoms with van der Waals surface area (Å²) in [6, 6.07) is 10.7. The molecule has 2 aromatic carbocycles. The Labute approximate surface area is 181 Å². The normalized spacial score (nSPS) is 11.7. The minimum absolute atomic E-state index is 0.0522. The molecule has 0 fully saturated rings. The smallest absolute Gasteiger partial charge is 0.318 e. The number of anilines is 1. The van der Waals surface area contributed by atoms with Crippen molar-refractivity contribution in [3.8, 4) is 0 Å². The molecule has 0 aromatic heterocycles. The number of nitrogens with zero attached hydrogens (tertiary/aromatic N) is 2. The Bertz CT molecular complexity index is 966. The van der Waals surface area contributed by atoms with Gasteiger partial charge in [0.15, 0.2) is 0 Å². The number of hydroxylamine groups is 1. The van der Waals surface area contributed by atoms with Crippen LogP contribution in [0.3, 0.4) is 0 Å². The number of hydrogen-bond donors (Lipinski definition) is 1. The first-order valence-electron chi connectivity index (χ1n) is 8.71. The van der Waals surface area contributed by atoms with Gasteiger partial charge in [-0.1, -0.05) is 33.7 Å². The molecule has 0 spiro atoms. The third-order valence-electron chi connectivity index (χ3n) is 4.22. The van der Waals surface area contributed by atoms with E-state index in [0.29, 0.717) is 22.3 Å². The fourth-order valence-corrected chi connectivity index (χ4v) is 3.77. The first-order valence-corrected chi connectivity index (χ1v) is 10.9. The number of sulfonamides is 1. The molecule has 0 unspecified atom stereocenters. The van der Waals surface area contributed by atoms with Crippen molar-refractivity contribution in [3.05, 3.63) is 58.1 Å². The van der Waals surface area contributed by atoms with Gasteiger partial charge in [-0.2, -0.15) is 0 Å². The number of nitrogens with one attached hydrogen (secondary N) is 1. The third-order valence-corrected chi connectivity index (χ3v) is 6.65. The molecule has 0 aliphatic heterocycles. The highest BCUT2D eigenvalue weighted by molar-refractivity contribution is 7.89. The van der Waals surface area contributed by atoms with E-state index in [9.17, 15) is 13.2 Å². The topological polar surface area (TPSA) is 79.0 Å². The molecule has 1 N–H and O–H groups in total. The molecule has 2 amide bonds. The van der Waals surface area contributed by atoms with Crippen LogP contribution >= 0.6 is 23.2 Å². The molecule has 0 bridgehead atoms. The lowest BCUT2D eigenvalue weighted by Crippen LogP contribution is -2.39. The lowest BCUT2D eigenvalue weighted by atomic mass is 10.2. The average Bonchev–Trinajstić information content (AvgIpc) is 2.68. The minimum Gasteiger partial charge on any atom is -0.318 e. The van der Waals surface area contributed by atoms with Crippen molar-refractivity contribution < 1.29 is 18.0 Å². The molecule has 7 nitrogen and oxygen atoms in total. The largest absolute Gasteiger partial charge is 0.322 e. The fraction of sp³-hybridized carbons (Fsp3) is 0.316. The zero-order chi connectivity index (χ0) is 21.8. The predicted octanol–water partition coefficient (Wildman–Crippen LogP) is 4.62. The molecular formula is C19H23Cl2N3O4S. The Kier molecular flexibility index (Phi) is 7.90. The lowest BCUT2D eigenvalue weighted by Gasteiger charge is -2.27. The van der Waals surface area contributed by atoms with E-state index in [0.717, 1.165) is 10.0 Å². The number of benzene rings is 2. The second-order valence-corrected chi connectivity index (χ2v) is 9.27. The van der Waals surface area contributed by atoms with E-state index in [1.54, 1.807) is 17.0 Å². The molecule has 0 aliphatic rings. The number of rotatable bonds is 7. The van der Waals surface area contributed by atoms with E-state index in [1.807, 2.05) is 19.9 Å². The van der Waals surface area contributed by atoms with Crippen LogP contribution in [0.25, 0.3) is 0 Å². The van der Waals surface area contributed by atoms with Gasteiger partial charge in [-0.3, -0.25) is 4.84 Å². The van der Waals surface area contributed by atoms with Crippen LogP contribution in [-0.2, 0) is 21.4 Å². The van der Waals surface area contributed by atoms with Crippen LogP contribution in [0, 0.1) is 0 Å². The molecule has 2 rings (SSSR count). The molecule has 0 saturated heterocycles. The van der Waals surface area contributed by atoms with Gasteiger partial charge >= 0.3 is 6.03 Å². The molecule has 29 heavy (non-hydrogen) atoms. The van der Waals surface area contributed by atoms with Gasteiger partial charge in [0.2, 0.25) is 0 Å². The molecular weight excluding hydrogens is 437 g/mol. The lowest BCUT2D eigenvalue weighted by molar-refractivity contribution is -0.0258. The summed E-state index contributed by atoms with van der Waals surface area (Å²) in [7, 11) is -1.18. The highest BCUT2D eigenvalue weighted by atomic mass is 35.5. The Morgan fingerprint density at radius 2 is 1.72 bits per heavy atom. The van der Waals surface area contributed by atoms with Crippen LogP contribution in [0.15, 0.2) is 47.4 Å². The van der Waals surface area contributed by atoms with Gasteiger partial charge in [0.25, 0.3) is 10.0 Å². The monoisotopic (exact) mass is 459 g/mol. The van der Waals surface area contributed by atoms with Crippen LogP contribution in [0.2, 0.25) is 10.0 Å². The summed E-state index contributed by atoms with van der Waals surface area (Å²) in [4.78, 5) is 19.2. The fourth-order valence-electron chi connectivity index (χ4n) is 2.48. The van der Waals surface area contributed by atoms with E-state index in [1.165, 1.54) is 38.4 Å². The summed E-state index contributed by atoms with van der Waals surface area (Å²) >= 11 is 12.0. The predicted molar refractivity (Wildman–Crippen MR) is 115 cm³/mol. The summed E-state index contributed by atoms with van der Waals surface area (Å²) in [6.45, 7) is 4.13. The molecule has 0 saturated carbocycles. The summed E-state index contributed by atoms with van der Waals surface area (Å²) in [5, 5.41) is 3.65. The van der Waals surface area contributed by atoms with Crippen LogP contribution in [0.5, 0.6) is 0 Å². The van der Waals surface area contributed by atoms with Crippen molar-refractivity contribution in [2.24, 2.45) is 0 Å². The summed E-state index contributed by atoms with van der Waals surface area (Å²) in [6.07, 6.45) is 0. The van der Waals surface area contributed by atoms with E-state index >= 15 is 0 Å². The zero-order valence-electron chi connectivity index (χ0n) is 16.5. The van der Waals surface area contributed by atoms with E-state index in [-0.39, 0.29) is 17.0 Å².